The van der Waals surface area contributed by atoms with Crippen LogP contribution in [-0.2, 0) is 4.79 Å². The van der Waals surface area contributed by atoms with Crippen LogP contribution in [0.4, 0.5) is 16.2 Å². The topological polar surface area (TPSA) is 70.6 Å². The van der Waals surface area contributed by atoms with Crippen molar-refractivity contribution in [3.05, 3.63) is 41.8 Å². The molecule has 1 aliphatic heterocycles. The number of carbonyl (C=O) groups is 1. The number of nitrogens with one attached hydrogen (secondary N) is 1. The molecule has 1 amide bonds. The molecule has 160 valence electrons. The lowest BCUT2D eigenvalue weighted by Gasteiger charge is -2.20. The summed E-state index contributed by atoms with van der Waals surface area (Å²) in [5.74, 6) is 0.994. The predicted octanol–water partition coefficient (Wildman–Crippen LogP) is 2.72. The number of halogens is 1. The second-order valence-corrected chi connectivity index (χ2v) is 8.28. The molecule has 2 heterocycles. The summed E-state index contributed by atoms with van der Waals surface area (Å²) in [6.07, 6.45) is 4.11. The quantitative estimate of drug-likeness (QED) is 0.753. The Kier molecular flexibility index (Phi) is 5.74. The van der Waals surface area contributed by atoms with Gasteiger partial charge in [0.15, 0.2) is 11.6 Å². The van der Waals surface area contributed by atoms with E-state index >= 15 is 0 Å². The van der Waals surface area contributed by atoms with E-state index in [0.29, 0.717) is 30.9 Å². The molecule has 0 bridgehead atoms. The normalized spacial score (nSPS) is 19.5. The minimum atomic E-state index is -0.427. The fraction of sp³-hybridized carbons (Fsp3) is 0.500. The molecule has 0 radical (unpaired) electrons. The van der Waals surface area contributed by atoms with Crippen LogP contribution in [0, 0.1) is 5.82 Å². The van der Waals surface area contributed by atoms with Crippen LogP contribution in [0.5, 0.6) is 5.75 Å². The number of benzene rings is 1. The summed E-state index contributed by atoms with van der Waals surface area (Å²) in [5.41, 5.74) is 0.966. The van der Waals surface area contributed by atoms with E-state index in [1.54, 1.807) is 4.90 Å². The molecular formula is C22H28FN5O2. The molecule has 1 saturated heterocycles. The molecule has 8 heteroatoms. The summed E-state index contributed by atoms with van der Waals surface area (Å²) in [6, 6.07) is 8.03. The van der Waals surface area contributed by atoms with Gasteiger partial charge in [-0.2, -0.15) is 4.98 Å². The highest BCUT2D eigenvalue weighted by Crippen LogP contribution is 2.27. The zero-order valence-electron chi connectivity index (χ0n) is 17.6. The van der Waals surface area contributed by atoms with Crippen LogP contribution in [0.25, 0.3) is 0 Å². The molecule has 1 saturated carbocycles. The lowest BCUT2D eigenvalue weighted by Crippen LogP contribution is -2.29. The number of nitrogens with zero attached hydrogens (tertiary/aromatic N) is 4. The first-order chi connectivity index (χ1) is 14.4. The van der Waals surface area contributed by atoms with E-state index in [4.69, 9.17) is 4.74 Å². The van der Waals surface area contributed by atoms with Crippen LogP contribution in [-0.4, -0.2) is 55.2 Å². The Morgan fingerprint density at radius 2 is 2.00 bits per heavy atom. The SMILES string of the molecule is CC(C(=O)NC1CC1)c1ccc(OC2CCN(c3nc(N(C)C)ncc3F)C2)cc1. The Balaban J connectivity index is 1.35. The van der Waals surface area contributed by atoms with Crippen molar-refractivity contribution in [3.63, 3.8) is 0 Å². The molecule has 1 N–H and O–H groups in total. The van der Waals surface area contributed by atoms with Crippen molar-refractivity contribution < 1.29 is 13.9 Å². The smallest absolute Gasteiger partial charge is 0.227 e. The molecule has 2 atom stereocenters. The number of carbonyl (C=O) groups excluding carboxylic acids is 1. The molecule has 2 aliphatic rings. The van der Waals surface area contributed by atoms with Crippen molar-refractivity contribution in [2.24, 2.45) is 0 Å². The number of amides is 1. The number of anilines is 2. The minimum Gasteiger partial charge on any atom is -0.489 e. The molecule has 7 nitrogen and oxygen atoms in total. The van der Waals surface area contributed by atoms with Crippen molar-refractivity contribution in [2.75, 3.05) is 37.0 Å². The molecule has 1 aromatic heterocycles. The lowest BCUT2D eigenvalue weighted by molar-refractivity contribution is -0.122. The van der Waals surface area contributed by atoms with Gasteiger partial charge in [0, 0.05) is 33.1 Å². The van der Waals surface area contributed by atoms with Gasteiger partial charge in [0.1, 0.15) is 11.9 Å². The van der Waals surface area contributed by atoms with Crippen LogP contribution in [0.2, 0.25) is 0 Å². The Bertz CT molecular complexity index is 901. The zero-order chi connectivity index (χ0) is 21.3. The van der Waals surface area contributed by atoms with E-state index in [1.807, 2.05) is 50.2 Å². The van der Waals surface area contributed by atoms with Gasteiger partial charge in [-0.25, -0.2) is 9.37 Å². The minimum absolute atomic E-state index is 0.0522. The molecule has 2 fully saturated rings. The second-order valence-electron chi connectivity index (χ2n) is 8.28. The highest BCUT2D eigenvalue weighted by atomic mass is 19.1. The third-order valence-corrected chi connectivity index (χ3v) is 5.56. The van der Waals surface area contributed by atoms with Gasteiger partial charge in [-0.05, 0) is 37.5 Å². The Morgan fingerprint density at radius 3 is 2.67 bits per heavy atom. The lowest BCUT2D eigenvalue weighted by atomic mass is 10.0. The maximum absolute atomic E-state index is 14.2. The second kappa shape index (κ2) is 8.45. The highest BCUT2D eigenvalue weighted by molar-refractivity contribution is 5.83. The van der Waals surface area contributed by atoms with Gasteiger partial charge < -0.3 is 19.9 Å². The number of aromatic nitrogens is 2. The summed E-state index contributed by atoms with van der Waals surface area (Å²) in [5, 5.41) is 3.04. The van der Waals surface area contributed by atoms with Crippen LogP contribution in [0.1, 0.15) is 37.7 Å². The van der Waals surface area contributed by atoms with E-state index in [1.165, 1.54) is 6.20 Å². The molecule has 2 aromatic rings. The summed E-state index contributed by atoms with van der Waals surface area (Å²) in [7, 11) is 3.65. The third kappa shape index (κ3) is 4.63. The number of ether oxygens (including phenoxy) is 1. The van der Waals surface area contributed by atoms with Crippen molar-refractivity contribution in [2.45, 2.75) is 44.2 Å². The monoisotopic (exact) mass is 413 g/mol. The largest absolute Gasteiger partial charge is 0.489 e. The first-order valence-corrected chi connectivity index (χ1v) is 10.4. The van der Waals surface area contributed by atoms with Gasteiger partial charge in [-0.1, -0.05) is 12.1 Å². The van der Waals surface area contributed by atoms with E-state index in [-0.39, 0.29) is 17.9 Å². The summed E-state index contributed by atoms with van der Waals surface area (Å²) >= 11 is 0. The van der Waals surface area contributed by atoms with Crippen LogP contribution < -0.4 is 19.9 Å². The molecule has 2 unspecified atom stereocenters. The molecule has 4 rings (SSSR count). The molecule has 1 aromatic carbocycles. The first kappa shape index (κ1) is 20.4. The molecular weight excluding hydrogens is 385 g/mol. The predicted molar refractivity (Wildman–Crippen MR) is 114 cm³/mol. The third-order valence-electron chi connectivity index (χ3n) is 5.56. The fourth-order valence-corrected chi connectivity index (χ4v) is 3.54. The fourth-order valence-electron chi connectivity index (χ4n) is 3.54. The van der Waals surface area contributed by atoms with E-state index in [2.05, 4.69) is 15.3 Å². The molecule has 0 spiro atoms. The van der Waals surface area contributed by atoms with Gasteiger partial charge in [0.25, 0.3) is 0 Å². The summed E-state index contributed by atoms with van der Waals surface area (Å²) in [6.45, 7) is 3.14. The molecule has 1 aliphatic carbocycles. The van der Waals surface area contributed by atoms with Crippen LogP contribution in [0.15, 0.2) is 30.5 Å². The number of hydrogen-bond acceptors (Lipinski definition) is 6. The van der Waals surface area contributed by atoms with Crippen molar-refractivity contribution >= 4 is 17.7 Å². The molecule has 30 heavy (non-hydrogen) atoms. The summed E-state index contributed by atoms with van der Waals surface area (Å²) in [4.78, 5) is 24.2. The van der Waals surface area contributed by atoms with Gasteiger partial charge in [0.2, 0.25) is 11.9 Å². The van der Waals surface area contributed by atoms with Crippen molar-refractivity contribution in [3.8, 4) is 5.75 Å². The van der Waals surface area contributed by atoms with Gasteiger partial charge >= 0.3 is 0 Å². The highest BCUT2D eigenvalue weighted by Gasteiger charge is 2.28. The maximum atomic E-state index is 14.2. The Morgan fingerprint density at radius 1 is 1.27 bits per heavy atom. The number of rotatable bonds is 7. The van der Waals surface area contributed by atoms with Gasteiger partial charge in [-0.3, -0.25) is 4.79 Å². The number of hydrogen-bond donors (Lipinski definition) is 1. The average Bonchev–Trinajstić information content (AvgIpc) is 3.43. The standard InChI is InChI=1S/C22H28FN5O2/c1-14(21(29)25-16-6-7-16)15-4-8-17(9-5-15)30-18-10-11-28(13-18)20-19(23)12-24-22(26-20)27(2)3/h4-5,8-9,12,14,16,18H,6-7,10-11,13H2,1-3H3,(H,25,29). The van der Waals surface area contributed by atoms with Crippen molar-refractivity contribution in [1.82, 2.24) is 15.3 Å². The average molecular weight is 413 g/mol. The first-order valence-electron chi connectivity index (χ1n) is 10.4. The van der Waals surface area contributed by atoms with Crippen LogP contribution in [0.3, 0.4) is 0 Å². The van der Waals surface area contributed by atoms with Crippen molar-refractivity contribution in [1.29, 1.82) is 0 Å². The van der Waals surface area contributed by atoms with E-state index in [0.717, 1.165) is 30.6 Å². The Hall–Kier alpha value is -2.90. The zero-order valence-corrected chi connectivity index (χ0v) is 17.6. The van der Waals surface area contributed by atoms with Crippen LogP contribution >= 0.6 is 0 Å². The summed E-state index contributed by atoms with van der Waals surface area (Å²) < 4.78 is 20.3. The van der Waals surface area contributed by atoms with Gasteiger partial charge in [0.05, 0.1) is 18.7 Å². The van der Waals surface area contributed by atoms with E-state index < -0.39 is 5.82 Å². The van der Waals surface area contributed by atoms with Gasteiger partial charge in [-0.15, -0.1) is 0 Å². The maximum Gasteiger partial charge on any atom is 0.227 e. The van der Waals surface area contributed by atoms with E-state index in [9.17, 15) is 9.18 Å². The Labute approximate surface area is 176 Å².